The molecule has 2 aromatic rings. The second-order valence-corrected chi connectivity index (χ2v) is 7.40. The number of carbonyl (C=O) groups excluding carboxylic acids is 1. The van der Waals surface area contributed by atoms with Crippen LogP contribution in [0.5, 0.6) is 11.5 Å². The predicted molar refractivity (Wildman–Crippen MR) is 97.3 cm³/mol. The third-order valence-electron chi connectivity index (χ3n) is 3.13. The van der Waals surface area contributed by atoms with Crippen molar-refractivity contribution in [2.75, 3.05) is 14.2 Å². The molecule has 0 aliphatic heterocycles. The first kappa shape index (κ1) is 18.7. The molecule has 0 atom stereocenters. The van der Waals surface area contributed by atoms with Crippen molar-refractivity contribution in [3.8, 4) is 22.8 Å². The molecule has 0 aliphatic carbocycles. The molecule has 0 spiro atoms. The summed E-state index contributed by atoms with van der Waals surface area (Å²) in [4.78, 5) is 12.5. The molecule has 0 radical (unpaired) electrons. The topological polar surface area (TPSA) is 49.7 Å². The Balaban J connectivity index is 2.59. The van der Waals surface area contributed by atoms with Crippen molar-refractivity contribution in [3.63, 3.8) is 0 Å². The fraction of sp³-hybridized carbons (Fsp3) is 0.353. The van der Waals surface area contributed by atoms with Crippen molar-refractivity contribution in [2.24, 2.45) is 0 Å². The predicted octanol–water partition coefficient (Wildman–Crippen LogP) is 5.37. The maximum absolute atomic E-state index is 12.5. The van der Waals surface area contributed by atoms with Gasteiger partial charge in [0.05, 0.1) is 24.9 Å². The van der Waals surface area contributed by atoms with Gasteiger partial charge in [-0.25, -0.2) is 4.79 Å². The lowest BCUT2D eigenvalue weighted by Crippen LogP contribution is -2.27. The minimum atomic E-state index is -0.604. The molecule has 2 rings (SSSR count). The Morgan fingerprint density at radius 1 is 1.12 bits per heavy atom. The molecule has 0 saturated carbocycles. The van der Waals surface area contributed by atoms with Gasteiger partial charge in [-0.2, -0.15) is 0 Å². The summed E-state index contributed by atoms with van der Waals surface area (Å²) in [6.45, 7) is 5.44. The van der Waals surface area contributed by atoms with Gasteiger partial charge >= 0.3 is 6.09 Å². The zero-order valence-corrected chi connectivity index (χ0v) is 16.5. The molecule has 0 saturated heterocycles. The SMILES string of the molecule is COc1cc(-c2cc(Br)cn2C(=O)OC(C)(C)C)c(OC)cc1Cl. The van der Waals surface area contributed by atoms with E-state index in [2.05, 4.69) is 15.9 Å². The van der Waals surface area contributed by atoms with Crippen LogP contribution in [0, 0.1) is 0 Å². The van der Waals surface area contributed by atoms with E-state index in [4.69, 9.17) is 25.8 Å². The Morgan fingerprint density at radius 2 is 1.75 bits per heavy atom. The molecule has 5 nitrogen and oxygen atoms in total. The zero-order valence-electron chi connectivity index (χ0n) is 14.1. The summed E-state index contributed by atoms with van der Waals surface area (Å²) >= 11 is 9.55. The van der Waals surface area contributed by atoms with E-state index in [0.29, 0.717) is 27.8 Å². The Bertz CT molecular complexity index is 765. The number of ether oxygens (including phenoxy) is 3. The van der Waals surface area contributed by atoms with Crippen LogP contribution in [0.25, 0.3) is 11.3 Å². The minimum absolute atomic E-state index is 0.424. The maximum atomic E-state index is 12.5. The first-order valence-electron chi connectivity index (χ1n) is 7.19. The Labute approximate surface area is 154 Å². The van der Waals surface area contributed by atoms with E-state index in [1.807, 2.05) is 20.8 Å². The largest absolute Gasteiger partial charge is 0.496 e. The highest BCUT2D eigenvalue weighted by Gasteiger charge is 2.23. The molecule has 0 fully saturated rings. The average Bonchev–Trinajstić information content (AvgIpc) is 2.87. The fourth-order valence-corrected chi connectivity index (χ4v) is 2.81. The fourth-order valence-electron chi connectivity index (χ4n) is 2.16. The van der Waals surface area contributed by atoms with Crippen LogP contribution < -0.4 is 9.47 Å². The standard InChI is InChI=1S/C17H19BrClNO4/c1-17(2,3)24-16(21)20-9-10(18)6-13(20)11-7-15(23-5)12(19)8-14(11)22-4/h6-9H,1-5H3. The molecule has 0 amide bonds. The Kier molecular flexibility index (Phi) is 5.50. The van der Waals surface area contributed by atoms with E-state index in [0.717, 1.165) is 4.47 Å². The van der Waals surface area contributed by atoms with Crippen molar-refractivity contribution in [1.29, 1.82) is 0 Å². The summed E-state index contributed by atoms with van der Waals surface area (Å²) in [6, 6.07) is 5.18. The molecule has 0 unspecified atom stereocenters. The first-order valence-corrected chi connectivity index (χ1v) is 8.36. The number of methoxy groups -OCH3 is 2. The Hall–Kier alpha value is -1.66. The molecule has 1 aromatic heterocycles. The normalized spacial score (nSPS) is 11.3. The molecule has 0 aliphatic rings. The number of nitrogens with zero attached hydrogens (tertiary/aromatic N) is 1. The van der Waals surface area contributed by atoms with Gasteiger partial charge in [0.1, 0.15) is 17.1 Å². The highest BCUT2D eigenvalue weighted by Crippen LogP contribution is 2.39. The van der Waals surface area contributed by atoms with Gasteiger partial charge in [0.15, 0.2) is 0 Å². The van der Waals surface area contributed by atoms with E-state index < -0.39 is 11.7 Å². The van der Waals surface area contributed by atoms with E-state index in [9.17, 15) is 4.79 Å². The number of halogens is 2. The first-order chi connectivity index (χ1) is 11.2. The Morgan fingerprint density at radius 3 is 2.29 bits per heavy atom. The summed E-state index contributed by atoms with van der Waals surface area (Å²) in [6.07, 6.45) is 1.16. The van der Waals surface area contributed by atoms with E-state index in [1.165, 1.54) is 18.8 Å². The summed E-state index contributed by atoms with van der Waals surface area (Å²) in [5, 5.41) is 0.424. The van der Waals surface area contributed by atoms with Crippen LogP contribution in [0.2, 0.25) is 5.02 Å². The van der Waals surface area contributed by atoms with Gasteiger partial charge in [-0.15, -0.1) is 0 Å². The molecule has 0 bridgehead atoms. The number of rotatable bonds is 3. The number of carbonyl (C=O) groups is 1. The van der Waals surface area contributed by atoms with Crippen molar-refractivity contribution in [1.82, 2.24) is 4.57 Å². The van der Waals surface area contributed by atoms with E-state index >= 15 is 0 Å². The van der Waals surface area contributed by atoms with Crippen LogP contribution in [0.4, 0.5) is 4.79 Å². The van der Waals surface area contributed by atoms with Crippen LogP contribution >= 0.6 is 27.5 Å². The van der Waals surface area contributed by atoms with Crippen molar-refractivity contribution >= 4 is 33.6 Å². The van der Waals surface area contributed by atoms with Crippen LogP contribution in [0.15, 0.2) is 28.9 Å². The third-order valence-corrected chi connectivity index (χ3v) is 3.86. The lowest BCUT2D eigenvalue weighted by atomic mass is 10.1. The lowest BCUT2D eigenvalue weighted by Gasteiger charge is -2.21. The summed E-state index contributed by atoms with van der Waals surface area (Å²) in [7, 11) is 3.07. The van der Waals surface area contributed by atoms with Gasteiger partial charge in [0.2, 0.25) is 0 Å². The minimum Gasteiger partial charge on any atom is -0.496 e. The maximum Gasteiger partial charge on any atom is 0.419 e. The summed E-state index contributed by atoms with van der Waals surface area (Å²) < 4.78 is 18.3. The van der Waals surface area contributed by atoms with Crippen LogP contribution in [-0.4, -0.2) is 30.5 Å². The highest BCUT2D eigenvalue weighted by atomic mass is 79.9. The van der Waals surface area contributed by atoms with Crippen molar-refractivity contribution < 1.29 is 19.0 Å². The second kappa shape index (κ2) is 7.07. The van der Waals surface area contributed by atoms with Gasteiger partial charge in [-0.3, -0.25) is 4.57 Å². The second-order valence-electron chi connectivity index (χ2n) is 6.08. The van der Waals surface area contributed by atoms with Gasteiger partial charge in [-0.05, 0) is 48.8 Å². The molecular formula is C17H19BrClNO4. The van der Waals surface area contributed by atoms with Gasteiger partial charge < -0.3 is 14.2 Å². The lowest BCUT2D eigenvalue weighted by molar-refractivity contribution is 0.0540. The quantitative estimate of drug-likeness (QED) is 0.675. The number of aromatic nitrogens is 1. The van der Waals surface area contributed by atoms with Gasteiger partial charge in [0, 0.05) is 22.3 Å². The summed E-state index contributed by atoms with van der Waals surface area (Å²) in [5.74, 6) is 1.01. The highest BCUT2D eigenvalue weighted by molar-refractivity contribution is 9.10. The number of hydrogen-bond donors (Lipinski definition) is 0. The zero-order chi connectivity index (χ0) is 18.1. The molecule has 1 aromatic carbocycles. The molecule has 24 heavy (non-hydrogen) atoms. The number of benzene rings is 1. The summed E-state index contributed by atoms with van der Waals surface area (Å²) in [5.41, 5.74) is 0.658. The number of hydrogen-bond acceptors (Lipinski definition) is 4. The van der Waals surface area contributed by atoms with Crippen LogP contribution in [0.1, 0.15) is 20.8 Å². The van der Waals surface area contributed by atoms with E-state index in [1.54, 1.807) is 24.4 Å². The molecule has 7 heteroatoms. The van der Waals surface area contributed by atoms with Crippen LogP contribution in [-0.2, 0) is 4.74 Å². The monoisotopic (exact) mass is 415 g/mol. The third kappa shape index (κ3) is 4.05. The van der Waals surface area contributed by atoms with Gasteiger partial charge in [0.25, 0.3) is 0 Å². The van der Waals surface area contributed by atoms with Gasteiger partial charge in [-0.1, -0.05) is 11.6 Å². The molecule has 1 heterocycles. The molecular weight excluding hydrogens is 398 g/mol. The van der Waals surface area contributed by atoms with E-state index in [-0.39, 0.29) is 0 Å². The molecule has 0 N–H and O–H groups in total. The smallest absolute Gasteiger partial charge is 0.419 e. The van der Waals surface area contributed by atoms with Crippen molar-refractivity contribution in [2.45, 2.75) is 26.4 Å². The van der Waals surface area contributed by atoms with Crippen molar-refractivity contribution in [3.05, 3.63) is 33.9 Å². The molecule has 130 valence electrons. The average molecular weight is 417 g/mol. The van der Waals surface area contributed by atoms with Crippen LogP contribution in [0.3, 0.4) is 0 Å².